The van der Waals surface area contributed by atoms with Gasteiger partial charge in [-0.2, -0.15) is 0 Å². The highest BCUT2D eigenvalue weighted by molar-refractivity contribution is 5.97. The Morgan fingerprint density at radius 3 is 2.39 bits per heavy atom. The number of hydrogen-bond acceptors (Lipinski definition) is 2. The zero-order valence-electron chi connectivity index (χ0n) is 12.7. The third-order valence-electron chi connectivity index (χ3n) is 3.48. The molecule has 0 saturated carbocycles. The molecule has 2 rings (SSSR count). The molecule has 120 valence electrons. The molecule has 1 N–H and O–H groups in total. The van der Waals surface area contributed by atoms with Crippen molar-refractivity contribution >= 4 is 11.7 Å². The van der Waals surface area contributed by atoms with Crippen LogP contribution in [-0.4, -0.2) is 11.7 Å². The molecular formula is C18H17F2NO2. The van der Waals surface area contributed by atoms with Crippen LogP contribution in [0.3, 0.4) is 0 Å². The van der Waals surface area contributed by atoms with Crippen LogP contribution in [0.2, 0.25) is 0 Å². The highest BCUT2D eigenvalue weighted by Crippen LogP contribution is 2.18. The number of Topliss-reactive ketones (excluding diaryl/α,β-unsaturated/α-hetero) is 1. The second-order valence-corrected chi connectivity index (χ2v) is 5.24. The number of carbonyl (C=O) groups is 2. The van der Waals surface area contributed by atoms with Crippen LogP contribution in [0.25, 0.3) is 0 Å². The van der Waals surface area contributed by atoms with Gasteiger partial charge in [0.05, 0.1) is 6.04 Å². The fraction of sp³-hybridized carbons (Fsp3) is 0.222. The maximum absolute atomic E-state index is 13.6. The van der Waals surface area contributed by atoms with Crippen molar-refractivity contribution in [1.29, 1.82) is 0 Å². The summed E-state index contributed by atoms with van der Waals surface area (Å²) in [4.78, 5) is 23.8. The standard InChI is InChI=1S/C18H17F2NO2/c1-12(15-8-7-14(19)11-16(15)20)21-18(23)10-9-17(22)13-5-3-2-4-6-13/h2-8,11-12H,9-10H2,1H3,(H,21,23)/t12-/m0/s1. The number of amides is 1. The molecule has 5 heteroatoms. The molecule has 2 aromatic carbocycles. The molecule has 0 bridgehead atoms. The average Bonchev–Trinajstić information content (AvgIpc) is 2.53. The van der Waals surface area contributed by atoms with E-state index in [1.165, 1.54) is 6.07 Å². The summed E-state index contributed by atoms with van der Waals surface area (Å²) >= 11 is 0. The lowest BCUT2D eigenvalue weighted by Gasteiger charge is -2.15. The summed E-state index contributed by atoms with van der Waals surface area (Å²) in [6, 6.07) is 11.3. The van der Waals surface area contributed by atoms with Gasteiger partial charge in [-0.25, -0.2) is 8.78 Å². The predicted molar refractivity (Wildman–Crippen MR) is 82.9 cm³/mol. The van der Waals surface area contributed by atoms with E-state index in [1.807, 2.05) is 6.07 Å². The number of hydrogen-bond donors (Lipinski definition) is 1. The van der Waals surface area contributed by atoms with Crippen molar-refractivity contribution in [3.8, 4) is 0 Å². The Morgan fingerprint density at radius 2 is 1.74 bits per heavy atom. The van der Waals surface area contributed by atoms with E-state index in [1.54, 1.807) is 31.2 Å². The molecule has 0 aliphatic carbocycles. The SMILES string of the molecule is C[C@H](NC(=O)CCC(=O)c1ccccc1)c1ccc(F)cc1F. The van der Waals surface area contributed by atoms with Gasteiger partial charge in [-0.05, 0) is 13.0 Å². The number of rotatable bonds is 6. The first-order chi connectivity index (χ1) is 11.0. The van der Waals surface area contributed by atoms with E-state index in [2.05, 4.69) is 5.32 Å². The van der Waals surface area contributed by atoms with Crippen molar-refractivity contribution in [2.45, 2.75) is 25.8 Å². The summed E-state index contributed by atoms with van der Waals surface area (Å²) in [5.74, 6) is -1.86. The van der Waals surface area contributed by atoms with E-state index in [9.17, 15) is 18.4 Å². The van der Waals surface area contributed by atoms with Gasteiger partial charge in [0, 0.05) is 30.0 Å². The Bertz CT molecular complexity index is 701. The Hall–Kier alpha value is -2.56. The lowest BCUT2D eigenvalue weighted by atomic mass is 10.1. The molecule has 1 atom stereocenters. The molecule has 1 amide bonds. The minimum Gasteiger partial charge on any atom is -0.349 e. The smallest absolute Gasteiger partial charge is 0.220 e. The monoisotopic (exact) mass is 317 g/mol. The van der Waals surface area contributed by atoms with Crippen molar-refractivity contribution in [3.05, 3.63) is 71.3 Å². The first-order valence-electron chi connectivity index (χ1n) is 7.30. The topological polar surface area (TPSA) is 46.2 Å². The van der Waals surface area contributed by atoms with Crippen molar-refractivity contribution in [2.75, 3.05) is 0 Å². The summed E-state index contributed by atoms with van der Waals surface area (Å²) in [7, 11) is 0. The quantitative estimate of drug-likeness (QED) is 0.824. The maximum Gasteiger partial charge on any atom is 0.220 e. The fourth-order valence-electron chi connectivity index (χ4n) is 2.24. The number of nitrogens with one attached hydrogen (secondary N) is 1. The van der Waals surface area contributed by atoms with Gasteiger partial charge in [0.15, 0.2) is 5.78 Å². The second-order valence-electron chi connectivity index (χ2n) is 5.24. The summed E-state index contributed by atoms with van der Waals surface area (Å²) in [6.07, 6.45) is 0.0926. The highest BCUT2D eigenvalue weighted by atomic mass is 19.1. The van der Waals surface area contributed by atoms with Crippen LogP contribution in [0.1, 0.15) is 41.7 Å². The largest absolute Gasteiger partial charge is 0.349 e. The summed E-state index contributed by atoms with van der Waals surface area (Å²) < 4.78 is 26.5. The molecule has 23 heavy (non-hydrogen) atoms. The van der Waals surface area contributed by atoms with Gasteiger partial charge in [-0.3, -0.25) is 9.59 Å². The maximum atomic E-state index is 13.6. The average molecular weight is 317 g/mol. The summed E-state index contributed by atoms with van der Waals surface area (Å²) in [6.45, 7) is 1.60. The third-order valence-corrected chi connectivity index (χ3v) is 3.48. The number of benzene rings is 2. The summed E-state index contributed by atoms with van der Waals surface area (Å²) in [5, 5.41) is 2.61. The lowest BCUT2D eigenvalue weighted by Crippen LogP contribution is -2.27. The molecule has 3 nitrogen and oxygen atoms in total. The minimum atomic E-state index is -0.710. The molecule has 0 aliphatic heterocycles. The molecule has 0 saturated heterocycles. The molecule has 0 aromatic heterocycles. The molecular weight excluding hydrogens is 300 g/mol. The van der Waals surface area contributed by atoms with Crippen molar-refractivity contribution < 1.29 is 18.4 Å². The van der Waals surface area contributed by atoms with E-state index in [0.29, 0.717) is 5.56 Å². The Balaban J connectivity index is 1.88. The third kappa shape index (κ3) is 4.71. The van der Waals surface area contributed by atoms with Crippen LogP contribution in [0.4, 0.5) is 8.78 Å². The highest BCUT2D eigenvalue weighted by Gasteiger charge is 2.15. The van der Waals surface area contributed by atoms with E-state index < -0.39 is 17.7 Å². The zero-order valence-corrected chi connectivity index (χ0v) is 12.7. The Morgan fingerprint density at radius 1 is 1.04 bits per heavy atom. The molecule has 0 heterocycles. The van der Waals surface area contributed by atoms with Gasteiger partial charge in [0.2, 0.25) is 5.91 Å². The normalized spacial score (nSPS) is 11.8. The van der Waals surface area contributed by atoms with Gasteiger partial charge >= 0.3 is 0 Å². The van der Waals surface area contributed by atoms with Gasteiger partial charge < -0.3 is 5.32 Å². The lowest BCUT2D eigenvalue weighted by molar-refractivity contribution is -0.121. The van der Waals surface area contributed by atoms with Gasteiger partial charge in [-0.1, -0.05) is 36.4 Å². The predicted octanol–water partition coefficient (Wildman–Crippen LogP) is 3.81. The van der Waals surface area contributed by atoms with Crippen molar-refractivity contribution in [2.24, 2.45) is 0 Å². The number of halogens is 2. The number of ketones is 1. The van der Waals surface area contributed by atoms with Crippen LogP contribution in [-0.2, 0) is 4.79 Å². The molecule has 0 radical (unpaired) electrons. The van der Waals surface area contributed by atoms with E-state index >= 15 is 0 Å². The molecule has 0 fully saturated rings. The van der Waals surface area contributed by atoms with E-state index in [-0.39, 0.29) is 30.1 Å². The van der Waals surface area contributed by atoms with Crippen LogP contribution < -0.4 is 5.32 Å². The molecule has 0 spiro atoms. The van der Waals surface area contributed by atoms with E-state index in [4.69, 9.17) is 0 Å². The van der Waals surface area contributed by atoms with Crippen LogP contribution >= 0.6 is 0 Å². The first-order valence-corrected chi connectivity index (χ1v) is 7.30. The van der Waals surface area contributed by atoms with Crippen LogP contribution in [0.5, 0.6) is 0 Å². The Labute approximate surface area is 133 Å². The Kier molecular flexibility index (Phi) is 5.57. The number of carbonyl (C=O) groups excluding carboxylic acids is 2. The van der Waals surface area contributed by atoms with Crippen LogP contribution in [0, 0.1) is 11.6 Å². The minimum absolute atomic E-state index is 0.0148. The van der Waals surface area contributed by atoms with Crippen molar-refractivity contribution in [1.82, 2.24) is 5.32 Å². The zero-order chi connectivity index (χ0) is 16.8. The molecule has 0 aliphatic rings. The van der Waals surface area contributed by atoms with Gasteiger partial charge in [-0.15, -0.1) is 0 Å². The van der Waals surface area contributed by atoms with Crippen molar-refractivity contribution in [3.63, 3.8) is 0 Å². The first kappa shape index (κ1) is 16.8. The fourth-order valence-corrected chi connectivity index (χ4v) is 2.24. The van der Waals surface area contributed by atoms with E-state index in [0.717, 1.165) is 12.1 Å². The second kappa shape index (κ2) is 7.63. The van der Waals surface area contributed by atoms with Gasteiger partial charge in [0.1, 0.15) is 11.6 Å². The van der Waals surface area contributed by atoms with Crippen LogP contribution in [0.15, 0.2) is 48.5 Å². The summed E-state index contributed by atoms with van der Waals surface area (Å²) in [5.41, 5.74) is 0.757. The van der Waals surface area contributed by atoms with Gasteiger partial charge in [0.25, 0.3) is 0 Å². The molecule has 2 aromatic rings. The molecule has 0 unspecified atom stereocenters.